The Balaban J connectivity index is 1.88. The molecule has 9 nitrogen and oxygen atoms in total. The number of hydrazone groups is 2. The molecule has 0 aliphatic heterocycles. The highest BCUT2D eigenvalue weighted by molar-refractivity contribution is 7.91. The fraction of sp³-hybridized carbons (Fsp3) is 0.364. The first-order chi connectivity index (χ1) is 16.0. The van der Waals surface area contributed by atoms with Crippen LogP contribution in [0.25, 0.3) is 10.8 Å². The maximum Gasteiger partial charge on any atom is 0.186 e. The molecule has 2 aromatic carbocycles. The van der Waals surface area contributed by atoms with Crippen molar-refractivity contribution >= 4 is 72.4 Å². The molecule has 0 heterocycles. The number of nitrogens with one attached hydrogen (secondary N) is 4. The van der Waals surface area contributed by atoms with Crippen LogP contribution in [0.5, 0.6) is 0 Å². The van der Waals surface area contributed by atoms with Crippen LogP contribution in [-0.4, -0.2) is 63.5 Å². The first kappa shape index (κ1) is 27.4. The van der Waals surface area contributed by atoms with Gasteiger partial charge in [-0.3, -0.25) is 10.9 Å². The summed E-state index contributed by atoms with van der Waals surface area (Å²) < 4.78 is 25.6. The zero-order chi connectivity index (χ0) is 25.3. The minimum atomic E-state index is -3.42. The minimum Gasteiger partial charge on any atom is -0.377 e. The van der Waals surface area contributed by atoms with Crippen LogP contribution >= 0.6 is 24.4 Å². The van der Waals surface area contributed by atoms with Crippen LogP contribution < -0.4 is 26.4 Å². The summed E-state index contributed by atoms with van der Waals surface area (Å²) in [7, 11) is 2.20. The summed E-state index contributed by atoms with van der Waals surface area (Å²) in [6, 6.07) is 11.1. The van der Waals surface area contributed by atoms with Crippen molar-refractivity contribution in [2.75, 3.05) is 38.3 Å². The van der Waals surface area contributed by atoms with E-state index in [1.165, 1.54) is 0 Å². The van der Waals surface area contributed by atoms with E-state index in [9.17, 15) is 8.42 Å². The molecule has 0 saturated heterocycles. The van der Waals surface area contributed by atoms with Crippen molar-refractivity contribution in [3.05, 3.63) is 36.4 Å². The summed E-state index contributed by atoms with van der Waals surface area (Å²) >= 11 is 10.2. The van der Waals surface area contributed by atoms with Gasteiger partial charge in [0.25, 0.3) is 0 Å². The van der Waals surface area contributed by atoms with Gasteiger partial charge in [-0.1, -0.05) is 18.2 Å². The summed E-state index contributed by atoms with van der Waals surface area (Å²) in [4.78, 5) is 2.33. The fourth-order valence-corrected chi connectivity index (χ4v) is 4.47. The van der Waals surface area contributed by atoms with Gasteiger partial charge in [0.1, 0.15) is 0 Å². The first-order valence-corrected chi connectivity index (χ1v) is 13.1. The van der Waals surface area contributed by atoms with E-state index in [1.54, 1.807) is 33.0 Å². The second-order valence-corrected chi connectivity index (χ2v) is 10.6. The Morgan fingerprint density at radius 3 is 2.26 bits per heavy atom. The lowest BCUT2D eigenvalue weighted by Crippen LogP contribution is -2.34. The summed E-state index contributed by atoms with van der Waals surface area (Å²) in [5.41, 5.74) is 7.70. The highest BCUT2D eigenvalue weighted by Gasteiger charge is 2.15. The Kier molecular flexibility index (Phi) is 10.1. The number of thiocarbonyl (C=S) groups is 2. The molecule has 0 fully saturated rings. The minimum absolute atomic E-state index is 0.00654. The molecule has 184 valence electrons. The van der Waals surface area contributed by atoms with Crippen LogP contribution in [0, 0.1) is 0 Å². The highest BCUT2D eigenvalue weighted by Crippen LogP contribution is 2.28. The first-order valence-electron chi connectivity index (χ1n) is 10.6. The van der Waals surface area contributed by atoms with E-state index in [-0.39, 0.29) is 5.75 Å². The number of hydrogen-bond donors (Lipinski definition) is 4. The Morgan fingerprint density at radius 1 is 1.00 bits per heavy atom. The van der Waals surface area contributed by atoms with Gasteiger partial charge in [0.05, 0.1) is 22.1 Å². The molecule has 0 radical (unpaired) electrons. The predicted molar refractivity (Wildman–Crippen MR) is 150 cm³/mol. The molecule has 0 aliphatic rings. The SMILES string of the molecule is CNC(=S)N/N=C(C)/C(C)=N/NC(=S)NCCCS(=O)(=O)c1ccc2c(N(C)C)cccc2c1. The Hall–Kier alpha value is -2.83. The molecule has 2 aromatic rings. The number of fused-ring (bicyclic) bond motifs is 1. The molecule has 0 amide bonds. The molecule has 0 atom stereocenters. The maximum atomic E-state index is 12.8. The van der Waals surface area contributed by atoms with Crippen molar-refractivity contribution in [2.24, 2.45) is 10.2 Å². The van der Waals surface area contributed by atoms with Gasteiger partial charge in [0, 0.05) is 38.8 Å². The standard InChI is InChI=1S/C22H31N7O2S3/c1-15(25-27-21(32)23-3)16(2)26-28-22(33)24-12-7-13-34(30,31)18-10-11-19-17(14-18)8-6-9-20(19)29(4)5/h6,8-11,14H,7,12-13H2,1-5H3,(H2,23,27,32)(H2,24,28,33)/b25-15+,26-16+. The van der Waals surface area contributed by atoms with Gasteiger partial charge in [-0.25, -0.2) is 8.42 Å². The van der Waals surface area contributed by atoms with Crippen LogP contribution in [0.15, 0.2) is 51.5 Å². The van der Waals surface area contributed by atoms with E-state index >= 15 is 0 Å². The molecule has 0 bridgehead atoms. The van der Waals surface area contributed by atoms with Crippen molar-refractivity contribution in [1.29, 1.82) is 0 Å². The second kappa shape index (κ2) is 12.6. The molecular formula is C22H31N7O2S3. The van der Waals surface area contributed by atoms with E-state index in [4.69, 9.17) is 24.4 Å². The summed E-state index contributed by atoms with van der Waals surface area (Å²) in [6.07, 6.45) is 0.397. The zero-order valence-corrected chi connectivity index (χ0v) is 22.4. The summed E-state index contributed by atoms with van der Waals surface area (Å²) in [6.45, 7) is 3.94. The van der Waals surface area contributed by atoms with Crippen LogP contribution in [0.3, 0.4) is 0 Å². The molecular weight excluding hydrogens is 490 g/mol. The lowest BCUT2D eigenvalue weighted by atomic mass is 10.1. The monoisotopic (exact) mass is 521 g/mol. The third kappa shape index (κ3) is 7.89. The number of hydrogen-bond acceptors (Lipinski definition) is 7. The number of benzene rings is 2. The van der Waals surface area contributed by atoms with E-state index in [0.717, 1.165) is 16.5 Å². The molecule has 34 heavy (non-hydrogen) atoms. The van der Waals surface area contributed by atoms with Gasteiger partial charge >= 0.3 is 0 Å². The van der Waals surface area contributed by atoms with E-state index < -0.39 is 9.84 Å². The highest BCUT2D eigenvalue weighted by atomic mass is 32.2. The van der Waals surface area contributed by atoms with Crippen molar-refractivity contribution in [1.82, 2.24) is 21.5 Å². The second-order valence-electron chi connectivity index (χ2n) is 7.68. The Morgan fingerprint density at radius 2 is 1.65 bits per heavy atom. The zero-order valence-electron chi connectivity index (χ0n) is 20.0. The van der Waals surface area contributed by atoms with Crippen LogP contribution in [-0.2, 0) is 9.84 Å². The molecule has 0 aliphatic carbocycles. The normalized spacial score (nSPS) is 12.3. The number of rotatable bonds is 9. The van der Waals surface area contributed by atoms with Crippen molar-refractivity contribution in [2.45, 2.75) is 25.2 Å². The number of sulfone groups is 1. The molecule has 4 N–H and O–H groups in total. The Labute approximate surface area is 212 Å². The van der Waals surface area contributed by atoms with Gasteiger partial charge < -0.3 is 15.5 Å². The fourth-order valence-electron chi connectivity index (χ4n) is 2.94. The third-order valence-electron chi connectivity index (χ3n) is 4.95. The predicted octanol–water partition coefficient (Wildman–Crippen LogP) is 2.38. The van der Waals surface area contributed by atoms with Gasteiger partial charge in [-0.05, 0) is 68.3 Å². The van der Waals surface area contributed by atoms with Crippen molar-refractivity contribution in [3.8, 4) is 0 Å². The number of anilines is 1. The quantitative estimate of drug-likeness (QED) is 0.171. The smallest absolute Gasteiger partial charge is 0.186 e. The van der Waals surface area contributed by atoms with E-state index in [0.29, 0.717) is 39.5 Å². The van der Waals surface area contributed by atoms with Crippen LogP contribution in [0.2, 0.25) is 0 Å². The third-order valence-corrected chi connectivity index (χ3v) is 7.28. The van der Waals surface area contributed by atoms with Crippen molar-refractivity contribution in [3.63, 3.8) is 0 Å². The Bertz CT molecular complexity index is 1210. The molecule has 2 rings (SSSR count). The average molecular weight is 522 g/mol. The van der Waals surface area contributed by atoms with Gasteiger partial charge in [-0.2, -0.15) is 10.2 Å². The van der Waals surface area contributed by atoms with Gasteiger partial charge in [-0.15, -0.1) is 0 Å². The average Bonchev–Trinajstić information content (AvgIpc) is 2.82. The lowest BCUT2D eigenvalue weighted by Gasteiger charge is -2.16. The van der Waals surface area contributed by atoms with E-state index in [1.807, 2.05) is 43.3 Å². The summed E-state index contributed by atoms with van der Waals surface area (Å²) in [5.74, 6) is 0.00654. The maximum absolute atomic E-state index is 12.8. The van der Waals surface area contributed by atoms with Crippen LogP contribution in [0.4, 0.5) is 5.69 Å². The van der Waals surface area contributed by atoms with Crippen molar-refractivity contribution < 1.29 is 8.42 Å². The molecule has 12 heteroatoms. The topological polar surface area (TPSA) is 110 Å². The van der Waals surface area contributed by atoms with E-state index in [2.05, 4.69) is 31.7 Å². The largest absolute Gasteiger partial charge is 0.377 e. The molecule has 0 saturated carbocycles. The lowest BCUT2D eigenvalue weighted by molar-refractivity contribution is 0.592. The molecule has 0 unspecified atom stereocenters. The summed E-state index contributed by atoms with van der Waals surface area (Å²) in [5, 5.41) is 16.6. The molecule has 0 aromatic heterocycles. The van der Waals surface area contributed by atoms with Crippen LogP contribution in [0.1, 0.15) is 20.3 Å². The van der Waals surface area contributed by atoms with Gasteiger partial charge in [0.2, 0.25) is 0 Å². The van der Waals surface area contributed by atoms with Gasteiger partial charge in [0.15, 0.2) is 20.1 Å². The number of nitrogens with zero attached hydrogens (tertiary/aromatic N) is 3. The molecule has 0 spiro atoms.